The fourth-order valence-electron chi connectivity index (χ4n) is 14.6. The molecule has 10 rings (SSSR count). The van der Waals surface area contributed by atoms with E-state index < -0.39 is 72.5 Å². The van der Waals surface area contributed by atoms with E-state index in [2.05, 4.69) is 52.6 Å². The van der Waals surface area contributed by atoms with E-state index in [0.29, 0.717) is 107 Å². The predicted octanol–water partition coefficient (Wildman–Crippen LogP) is 13.5. The number of piperazine rings is 1. The molecule has 0 saturated carbocycles. The van der Waals surface area contributed by atoms with Gasteiger partial charge in [0.1, 0.15) is 17.0 Å². The van der Waals surface area contributed by atoms with E-state index in [-0.39, 0.29) is 59.7 Å². The van der Waals surface area contributed by atoms with Crippen LogP contribution in [-0.2, 0) is 33.8 Å². The number of thioether (sulfide) groups is 1. The summed E-state index contributed by atoms with van der Waals surface area (Å²) in [5.41, 5.74) is 1.55. The number of hydrogen-bond acceptors (Lipinski definition) is 17. The molecule has 6 N–H and O–H groups in total. The van der Waals surface area contributed by atoms with Gasteiger partial charge < -0.3 is 40.9 Å². The predicted molar refractivity (Wildman–Crippen MR) is 416 cm³/mol. The third-order valence-corrected chi connectivity index (χ3v) is 25.2. The number of thiazole rings is 1. The van der Waals surface area contributed by atoms with Gasteiger partial charge in [-0.1, -0.05) is 120 Å². The highest BCUT2D eigenvalue weighted by Gasteiger charge is 2.49. The normalized spacial score (nSPS) is 19.8. The molecular weight excluding hydrogens is 1450 g/mol. The maximum atomic E-state index is 14.6. The number of carbonyl (C=O) groups excluding carboxylic acids is 5. The van der Waals surface area contributed by atoms with Gasteiger partial charge >= 0.3 is 5.51 Å². The van der Waals surface area contributed by atoms with Crippen LogP contribution in [0, 0.1) is 29.1 Å². The molecular formula is C79H100ClF3N10O9S4. The summed E-state index contributed by atoms with van der Waals surface area (Å²) < 4.78 is 77.7. The van der Waals surface area contributed by atoms with Gasteiger partial charge in [0.15, 0.2) is 0 Å². The second-order valence-corrected chi connectivity index (χ2v) is 35.9. The molecule has 7 atom stereocenters. The van der Waals surface area contributed by atoms with Gasteiger partial charge in [0.25, 0.3) is 15.7 Å². The molecule has 6 aromatic rings. The van der Waals surface area contributed by atoms with E-state index in [1.165, 1.54) is 39.9 Å². The van der Waals surface area contributed by atoms with Crippen LogP contribution in [0.4, 0.5) is 24.5 Å². The number of anilines is 2. The largest absolute Gasteiger partial charge is 0.501 e. The third-order valence-electron chi connectivity index (χ3n) is 20.5. The van der Waals surface area contributed by atoms with Crippen molar-refractivity contribution in [1.82, 2.24) is 40.4 Å². The number of allylic oxidation sites excluding steroid dienone is 1. The van der Waals surface area contributed by atoms with Crippen molar-refractivity contribution in [1.29, 1.82) is 0 Å². The molecule has 2 unspecified atom stereocenters. The van der Waals surface area contributed by atoms with Crippen molar-refractivity contribution in [2.24, 2.45) is 22.2 Å². The van der Waals surface area contributed by atoms with Crippen molar-refractivity contribution in [2.45, 2.75) is 158 Å². The Morgan fingerprint density at radius 1 is 0.830 bits per heavy atom. The lowest BCUT2D eigenvalue weighted by Crippen LogP contribution is -2.58. The first kappa shape index (κ1) is 81.5. The minimum atomic E-state index is -5.82. The van der Waals surface area contributed by atoms with Crippen molar-refractivity contribution in [3.63, 3.8) is 0 Å². The number of nitrogens with one attached hydrogen (secondary N) is 5. The Morgan fingerprint density at radius 2 is 1.51 bits per heavy atom. The molecule has 0 spiro atoms. The summed E-state index contributed by atoms with van der Waals surface area (Å²) in [6, 6.07) is 33.4. The molecule has 5 aromatic carbocycles. The van der Waals surface area contributed by atoms with Crippen molar-refractivity contribution < 1.29 is 55.4 Å². The number of sulfone groups is 1. The highest BCUT2D eigenvalue weighted by molar-refractivity contribution is 7.99. The van der Waals surface area contributed by atoms with E-state index in [4.69, 9.17) is 16.3 Å². The van der Waals surface area contributed by atoms with Crippen molar-refractivity contribution in [3.8, 4) is 10.4 Å². The average Bonchev–Trinajstić information content (AvgIpc) is 0.987. The molecule has 19 nitrogen and oxygen atoms in total. The molecule has 0 bridgehead atoms. The molecule has 5 amide bonds. The second-order valence-electron chi connectivity index (χ2n) is 30.7. The summed E-state index contributed by atoms with van der Waals surface area (Å²) >= 11 is 10.2. The van der Waals surface area contributed by atoms with Gasteiger partial charge in [-0.2, -0.15) is 13.2 Å². The number of nitrogens with zero attached hydrogens (tertiary/aromatic N) is 5. The number of aliphatic hydroxyl groups is 1. The molecule has 27 heteroatoms. The van der Waals surface area contributed by atoms with E-state index in [0.717, 1.165) is 68.9 Å². The highest BCUT2D eigenvalue weighted by Crippen LogP contribution is 2.45. The fourth-order valence-corrected chi connectivity index (χ4v) is 18.2. The van der Waals surface area contributed by atoms with Crippen LogP contribution in [0.3, 0.4) is 0 Å². The lowest BCUT2D eigenvalue weighted by atomic mass is 9.70. The van der Waals surface area contributed by atoms with Crippen LogP contribution in [0.15, 0.2) is 147 Å². The first-order chi connectivity index (χ1) is 50.2. The number of aromatic nitrogens is 1. The molecule has 1 aromatic heterocycles. The summed E-state index contributed by atoms with van der Waals surface area (Å²) in [6.45, 7) is 24.5. The first-order valence-corrected chi connectivity index (χ1v) is 40.8. The molecule has 0 radical (unpaired) electrons. The minimum Gasteiger partial charge on any atom is -0.391 e. The number of aliphatic hydroxyl groups excluding tert-OH is 1. The zero-order chi connectivity index (χ0) is 76.3. The van der Waals surface area contributed by atoms with Crippen molar-refractivity contribution in [2.75, 3.05) is 94.6 Å². The van der Waals surface area contributed by atoms with Gasteiger partial charge in [-0.05, 0) is 164 Å². The summed E-state index contributed by atoms with van der Waals surface area (Å²) in [5, 5.41) is 24.1. The standard InChI is InChI=1S/C79H100ClF3N10O9S4/c1-51(43-77(7,8)45-69(95)88-71(76(4,5)6)74(98)93-48-62(94)41-67(93)73(97)86-52(2)54-15-17-56(18-16-54)70-53(3)85-50-104-70)46-84-75(99)78(9)31-29-65(55-19-23-59(80)24-20-55)58(44-78)47-91-33-35-92(36-34-91)61-25-21-57(22-26-61)72(96)89-105-64-27-28-66(68(42-64)106(100,101)79(81,82)83)87-60(30-32-90-37-39-102-40-38-90)49-103-63-13-11-10-12-14-63/h10-28,42,50-52,60,62,67,71,87,94H,29-41,43-49H2,1-9H3,(H,84,99)(H,86,97)(H,88,95)(H,89,96)/t51?,52-,60+,62+,67-,71+,78?/m0/s1. The van der Waals surface area contributed by atoms with Gasteiger partial charge in [0.2, 0.25) is 23.6 Å². The van der Waals surface area contributed by atoms with Crippen LogP contribution >= 0.6 is 46.6 Å². The van der Waals surface area contributed by atoms with Crippen LogP contribution in [-0.4, -0.2) is 177 Å². The SMILES string of the molecule is Cc1ncsc1-c1ccc([C@H](C)NC(=O)[C@@H]2C[C@@H](O)CN2C(=O)[C@@H](NC(=O)CC(C)(C)CC(C)CNC(=O)C2(C)CCC(c3ccc(Cl)cc3)=C(CN3CCN(c4ccc(C(=O)NSc5ccc(N[C@H](CCN6CCOCC6)CSc6ccccc6)c(S(=O)(=O)C(F)(F)F)c5)cc4)CC3)C2)C(C)(C)C)cc1. The maximum absolute atomic E-state index is 14.6. The quantitative estimate of drug-likeness (QED) is 0.0189. The monoisotopic (exact) mass is 1550 g/mol. The number of β-amino-alcohol motifs (C(OH)–C–C–N with tert-alkyl or cyclic N) is 1. The molecule has 1 aliphatic carbocycles. The Hall–Kier alpha value is -7.01. The fraction of sp³-hybridized carbons (Fsp3) is 0.494. The summed E-state index contributed by atoms with van der Waals surface area (Å²) in [7, 11) is -5.82. The molecule has 106 heavy (non-hydrogen) atoms. The van der Waals surface area contributed by atoms with E-state index in [9.17, 15) is 50.7 Å². The lowest BCUT2D eigenvalue weighted by molar-refractivity contribution is -0.144. The number of morpholine rings is 1. The van der Waals surface area contributed by atoms with Crippen LogP contribution in [0.1, 0.15) is 134 Å². The highest BCUT2D eigenvalue weighted by atomic mass is 35.5. The van der Waals surface area contributed by atoms with E-state index in [1.54, 1.807) is 23.5 Å². The topological polar surface area (TPSA) is 235 Å². The average molecular weight is 1550 g/mol. The van der Waals surface area contributed by atoms with Crippen LogP contribution in [0.25, 0.3) is 16.0 Å². The lowest BCUT2D eigenvalue weighted by Gasteiger charge is -2.40. The number of benzene rings is 5. The molecule has 4 aliphatic rings. The van der Waals surface area contributed by atoms with Crippen LogP contribution in [0.5, 0.6) is 0 Å². The number of likely N-dealkylation sites (tertiary alicyclic amines) is 1. The number of ether oxygens (including phenoxy) is 1. The van der Waals surface area contributed by atoms with Gasteiger partial charge in [0, 0.05) is 116 Å². The smallest absolute Gasteiger partial charge is 0.391 e. The molecule has 3 saturated heterocycles. The van der Waals surface area contributed by atoms with Gasteiger partial charge in [0.05, 0.1) is 52.5 Å². The summed E-state index contributed by atoms with van der Waals surface area (Å²) in [5.74, 6) is -1.26. The second kappa shape index (κ2) is 35.6. The molecule has 572 valence electrons. The number of amides is 5. The van der Waals surface area contributed by atoms with E-state index in [1.807, 2.05) is 152 Å². The number of halogens is 4. The van der Waals surface area contributed by atoms with Gasteiger partial charge in [-0.3, -0.25) is 38.5 Å². The number of carbonyl (C=O) groups is 5. The number of alkyl halides is 3. The number of hydrogen-bond donors (Lipinski definition) is 6. The Bertz CT molecular complexity index is 4170. The summed E-state index contributed by atoms with van der Waals surface area (Å²) in [6.07, 6.45) is 2.22. The zero-order valence-corrected chi connectivity index (χ0v) is 65.8. The third kappa shape index (κ3) is 21.5. The molecule has 3 aliphatic heterocycles. The van der Waals surface area contributed by atoms with E-state index >= 15 is 0 Å². The van der Waals surface area contributed by atoms with Gasteiger partial charge in [-0.15, -0.1) is 23.1 Å². The Morgan fingerprint density at radius 3 is 2.16 bits per heavy atom. The maximum Gasteiger partial charge on any atom is 0.501 e. The molecule has 4 heterocycles. The number of aryl methyl sites for hydroxylation is 1. The minimum absolute atomic E-state index is 0.0192. The van der Waals surface area contributed by atoms with Crippen molar-refractivity contribution in [3.05, 3.63) is 160 Å². The number of rotatable bonds is 29. The van der Waals surface area contributed by atoms with Gasteiger partial charge in [-0.25, -0.2) is 13.4 Å². The Labute approximate surface area is 639 Å². The van der Waals surface area contributed by atoms with Crippen molar-refractivity contribution >= 4 is 103 Å². The Balaban J connectivity index is 0.706. The summed E-state index contributed by atoms with van der Waals surface area (Å²) in [4.78, 5) is 84.6. The molecule has 3 fully saturated rings. The zero-order valence-electron chi connectivity index (χ0n) is 61.8. The van der Waals surface area contributed by atoms with Crippen LogP contribution in [0.2, 0.25) is 5.02 Å². The Kier molecular flexibility index (Phi) is 27.3. The first-order valence-electron chi connectivity index (χ1n) is 36.3. The van der Waals surface area contributed by atoms with Crippen LogP contribution < -0.4 is 30.9 Å².